The van der Waals surface area contributed by atoms with E-state index in [1.165, 1.54) is 0 Å². The first-order valence-corrected chi connectivity index (χ1v) is 6.55. The molecule has 0 saturated heterocycles. The predicted octanol–water partition coefficient (Wildman–Crippen LogP) is 3.78. The summed E-state index contributed by atoms with van der Waals surface area (Å²) in [6.07, 6.45) is 0.168. The fourth-order valence-electron chi connectivity index (χ4n) is 1.69. The zero-order valence-corrected chi connectivity index (χ0v) is 11.9. The van der Waals surface area contributed by atoms with Gasteiger partial charge in [-0.1, -0.05) is 0 Å². The number of nitrogens with one attached hydrogen (secondary N) is 1. The lowest BCUT2D eigenvalue weighted by Gasteiger charge is -2.11. The quantitative estimate of drug-likeness (QED) is 0.813. The van der Waals surface area contributed by atoms with E-state index in [2.05, 4.69) is 5.48 Å². The van der Waals surface area contributed by atoms with Crippen molar-refractivity contribution in [2.75, 3.05) is 7.05 Å². The summed E-state index contributed by atoms with van der Waals surface area (Å²) in [5.41, 5.74) is 2.62. The lowest BCUT2D eigenvalue weighted by Crippen LogP contribution is -2.10. The number of hydroxylamine groups is 1. The van der Waals surface area contributed by atoms with E-state index >= 15 is 0 Å². The van der Waals surface area contributed by atoms with Crippen LogP contribution in [0.3, 0.4) is 0 Å². The Kier molecular flexibility index (Phi) is 4.85. The molecule has 0 aliphatic carbocycles. The van der Waals surface area contributed by atoms with Crippen LogP contribution in [0.4, 0.5) is 0 Å². The molecule has 1 N–H and O–H groups in total. The standard InChI is InChI=1S/C16H19NO3/c1-12(2)18-13-4-6-14(7-5-13)19-15-8-10-16(11-9-15)20-17-3/h4-12,17H,1-3H3. The second-order valence-corrected chi connectivity index (χ2v) is 4.52. The minimum absolute atomic E-state index is 0.168. The van der Waals surface area contributed by atoms with Gasteiger partial charge in [-0.25, -0.2) is 0 Å². The summed E-state index contributed by atoms with van der Waals surface area (Å²) < 4.78 is 11.3. The Morgan fingerprint density at radius 1 is 0.750 bits per heavy atom. The second-order valence-electron chi connectivity index (χ2n) is 4.52. The molecule has 4 nitrogen and oxygen atoms in total. The summed E-state index contributed by atoms with van der Waals surface area (Å²) >= 11 is 0. The van der Waals surface area contributed by atoms with E-state index in [-0.39, 0.29) is 6.10 Å². The fraction of sp³-hybridized carbons (Fsp3) is 0.250. The smallest absolute Gasteiger partial charge is 0.147 e. The number of hydrogen-bond acceptors (Lipinski definition) is 4. The van der Waals surface area contributed by atoms with Gasteiger partial charge in [0.25, 0.3) is 0 Å². The summed E-state index contributed by atoms with van der Waals surface area (Å²) in [6.45, 7) is 4.00. The van der Waals surface area contributed by atoms with Crippen molar-refractivity contribution in [2.24, 2.45) is 0 Å². The molecule has 0 radical (unpaired) electrons. The first-order valence-electron chi connectivity index (χ1n) is 6.55. The van der Waals surface area contributed by atoms with Gasteiger partial charge >= 0.3 is 0 Å². The van der Waals surface area contributed by atoms with E-state index < -0.39 is 0 Å². The van der Waals surface area contributed by atoms with Crippen LogP contribution in [-0.2, 0) is 0 Å². The van der Waals surface area contributed by atoms with Crippen molar-refractivity contribution in [1.29, 1.82) is 0 Å². The van der Waals surface area contributed by atoms with Gasteiger partial charge in [-0.3, -0.25) is 0 Å². The fourth-order valence-corrected chi connectivity index (χ4v) is 1.69. The Hall–Kier alpha value is -2.20. The molecular weight excluding hydrogens is 254 g/mol. The molecule has 2 aromatic rings. The van der Waals surface area contributed by atoms with Crippen molar-refractivity contribution in [3.8, 4) is 23.0 Å². The molecule has 0 aromatic heterocycles. The van der Waals surface area contributed by atoms with Gasteiger partial charge in [-0.2, -0.15) is 5.48 Å². The highest BCUT2D eigenvalue weighted by Crippen LogP contribution is 2.25. The van der Waals surface area contributed by atoms with E-state index in [9.17, 15) is 0 Å². The Morgan fingerprint density at radius 2 is 1.20 bits per heavy atom. The third-order valence-corrected chi connectivity index (χ3v) is 2.47. The van der Waals surface area contributed by atoms with E-state index in [4.69, 9.17) is 14.3 Å². The average molecular weight is 273 g/mol. The van der Waals surface area contributed by atoms with Crippen LogP contribution in [-0.4, -0.2) is 13.2 Å². The summed E-state index contributed by atoms with van der Waals surface area (Å²) in [5, 5.41) is 0. The van der Waals surface area contributed by atoms with Crippen LogP contribution < -0.4 is 19.8 Å². The highest BCUT2D eigenvalue weighted by molar-refractivity contribution is 5.37. The summed E-state index contributed by atoms with van der Waals surface area (Å²) in [4.78, 5) is 5.14. The van der Waals surface area contributed by atoms with E-state index in [0.717, 1.165) is 23.0 Å². The van der Waals surface area contributed by atoms with Crippen molar-refractivity contribution in [2.45, 2.75) is 20.0 Å². The van der Waals surface area contributed by atoms with Crippen LogP contribution in [0.15, 0.2) is 48.5 Å². The summed E-state index contributed by atoms with van der Waals surface area (Å²) in [6, 6.07) is 14.9. The van der Waals surface area contributed by atoms with E-state index in [1.807, 2.05) is 62.4 Å². The summed E-state index contributed by atoms with van der Waals surface area (Å²) in [7, 11) is 1.71. The summed E-state index contributed by atoms with van der Waals surface area (Å²) in [5.74, 6) is 3.10. The third-order valence-electron chi connectivity index (χ3n) is 2.47. The van der Waals surface area contributed by atoms with Crippen LogP contribution in [0, 0.1) is 0 Å². The lowest BCUT2D eigenvalue weighted by atomic mass is 10.3. The maximum Gasteiger partial charge on any atom is 0.147 e. The minimum atomic E-state index is 0.168. The van der Waals surface area contributed by atoms with Gasteiger partial charge in [-0.15, -0.1) is 0 Å². The molecule has 0 aliphatic heterocycles. The molecule has 0 amide bonds. The molecule has 2 aromatic carbocycles. The molecule has 0 spiro atoms. The van der Waals surface area contributed by atoms with Crippen molar-refractivity contribution in [3.63, 3.8) is 0 Å². The van der Waals surface area contributed by atoms with Crippen molar-refractivity contribution in [3.05, 3.63) is 48.5 Å². The van der Waals surface area contributed by atoms with Gasteiger partial charge in [0.05, 0.1) is 6.10 Å². The highest BCUT2D eigenvalue weighted by atomic mass is 16.6. The van der Waals surface area contributed by atoms with Crippen molar-refractivity contribution in [1.82, 2.24) is 5.48 Å². The van der Waals surface area contributed by atoms with Crippen molar-refractivity contribution >= 4 is 0 Å². The normalized spacial score (nSPS) is 10.4. The van der Waals surface area contributed by atoms with Crippen LogP contribution in [0.1, 0.15) is 13.8 Å². The molecule has 2 rings (SSSR count). The highest BCUT2D eigenvalue weighted by Gasteiger charge is 2.01. The number of ether oxygens (including phenoxy) is 2. The topological polar surface area (TPSA) is 39.7 Å². The first-order chi connectivity index (χ1) is 9.67. The van der Waals surface area contributed by atoms with Crippen LogP contribution in [0.25, 0.3) is 0 Å². The SMILES string of the molecule is CNOc1ccc(Oc2ccc(OC(C)C)cc2)cc1. The van der Waals surface area contributed by atoms with Crippen LogP contribution in [0.2, 0.25) is 0 Å². The second kappa shape index (κ2) is 6.82. The molecule has 0 saturated carbocycles. The molecule has 4 heteroatoms. The van der Waals surface area contributed by atoms with Crippen LogP contribution in [0.5, 0.6) is 23.0 Å². The molecule has 106 valence electrons. The zero-order chi connectivity index (χ0) is 14.4. The predicted molar refractivity (Wildman–Crippen MR) is 78.4 cm³/mol. The minimum Gasteiger partial charge on any atom is -0.491 e. The van der Waals surface area contributed by atoms with Gasteiger partial charge in [0.15, 0.2) is 0 Å². The lowest BCUT2D eigenvalue weighted by molar-refractivity contribution is 0.223. The molecule has 0 unspecified atom stereocenters. The third kappa shape index (κ3) is 4.17. The molecular formula is C16H19NO3. The van der Waals surface area contributed by atoms with Crippen molar-refractivity contribution < 1.29 is 14.3 Å². The van der Waals surface area contributed by atoms with E-state index in [0.29, 0.717) is 0 Å². The molecule has 0 heterocycles. The number of hydrogen-bond donors (Lipinski definition) is 1. The molecule has 0 bridgehead atoms. The van der Waals surface area contributed by atoms with Crippen LogP contribution >= 0.6 is 0 Å². The largest absolute Gasteiger partial charge is 0.491 e. The molecule has 20 heavy (non-hydrogen) atoms. The number of rotatable bonds is 6. The maximum atomic E-state index is 5.74. The zero-order valence-electron chi connectivity index (χ0n) is 11.9. The maximum absolute atomic E-state index is 5.74. The van der Waals surface area contributed by atoms with Gasteiger partial charge in [0.2, 0.25) is 0 Å². The monoisotopic (exact) mass is 273 g/mol. The first kappa shape index (κ1) is 14.2. The molecule has 0 aliphatic rings. The van der Waals surface area contributed by atoms with Gasteiger partial charge in [-0.05, 0) is 62.4 Å². The Morgan fingerprint density at radius 3 is 1.65 bits per heavy atom. The average Bonchev–Trinajstić information content (AvgIpc) is 2.43. The van der Waals surface area contributed by atoms with Gasteiger partial charge in [0, 0.05) is 7.05 Å². The molecule has 0 atom stereocenters. The van der Waals surface area contributed by atoms with Gasteiger partial charge in [0.1, 0.15) is 23.0 Å². The molecule has 0 fully saturated rings. The Bertz CT molecular complexity index is 520. The van der Waals surface area contributed by atoms with Gasteiger partial charge < -0.3 is 14.3 Å². The Labute approximate surface area is 119 Å². The van der Waals surface area contributed by atoms with E-state index in [1.54, 1.807) is 7.05 Å². The number of benzene rings is 2. The Balaban J connectivity index is 1.98.